The minimum atomic E-state index is -0.0685. The second kappa shape index (κ2) is 6.55. The number of carbonyl (C=O) groups is 1. The summed E-state index contributed by atoms with van der Waals surface area (Å²) in [6.45, 7) is 6.81. The molecule has 1 amide bonds. The van der Waals surface area contributed by atoms with Crippen molar-refractivity contribution in [3.63, 3.8) is 0 Å². The summed E-state index contributed by atoms with van der Waals surface area (Å²) in [6.07, 6.45) is 1.32. The van der Waals surface area contributed by atoms with Crippen molar-refractivity contribution in [2.75, 3.05) is 13.6 Å². The summed E-state index contributed by atoms with van der Waals surface area (Å²) in [5.74, 6) is 0.120. The van der Waals surface area contributed by atoms with Gasteiger partial charge in [0.25, 0.3) is 0 Å². The van der Waals surface area contributed by atoms with E-state index in [9.17, 15) is 4.79 Å². The van der Waals surface area contributed by atoms with E-state index in [-0.39, 0.29) is 11.9 Å². The van der Waals surface area contributed by atoms with Crippen LogP contribution in [-0.2, 0) is 11.2 Å². The number of amides is 1. The van der Waals surface area contributed by atoms with Gasteiger partial charge >= 0.3 is 0 Å². The van der Waals surface area contributed by atoms with Crippen LogP contribution in [0.25, 0.3) is 0 Å². The van der Waals surface area contributed by atoms with Crippen molar-refractivity contribution in [2.24, 2.45) is 5.73 Å². The first-order valence-electron chi connectivity index (χ1n) is 6.46. The van der Waals surface area contributed by atoms with Crippen LogP contribution < -0.4 is 5.73 Å². The summed E-state index contributed by atoms with van der Waals surface area (Å²) < 4.78 is 0. The number of hydrogen-bond acceptors (Lipinski definition) is 2. The van der Waals surface area contributed by atoms with Crippen LogP contribution in [0.4, 0.5) is 0 Å². The highest BCUT2D eigenvalue weighted by molar-refractivity contribution is 5.76. The molecule has 0 aliphatic heterocycles. The van der Waals surface area contributed by atoms with Gasteiger partial charge in [-0.15, -0.1) is 0 Å². The van der Waals surface area contributed by atoms with Crippen LogP contribution in [0, 0.1) is 13.8 Å². The van der Waals surface area contributed by atoms with Crippen molar-refractivity contribution in [1.29, 1.82) is 0 Å². The average molecular weight is 248 g/mol. The van der Waals surface area contributed by atoms with Gasteiger partial charge in [-0.05, 0) is 38.3 Å². The van der Waals surface area contributed by atoms with Crippen LogP contribution >= 0.6 is 0 Å². The van der Waals surface area contributed by atoms with E-state index in [1.165, 1.54) is 16.7 Å². The van der Waals surface area contributed by atoms with E-state index in [1.807, 2.05) is 14.0 Å². The van der Waals surface area contributed by atoms with Crippen LogP contribution in [0.5, 0.6) is 0 Å². The zero-order valence-electron chi connectivity index (χ0n) is 11.9. The number of rotatable bonds is 5. The maximum atomic E-state index is 11.8. The summed E-state index contributed by atoms with van der Waals surface area (Å²) in [5.41, 5.74) is 9.51. The molecule has 0 fully saturated rings. The topological polar surface area (TPSA) is 46.3 Å². The van der Waals surface area contributed by atoms with E-state index in [1.54, 1.807) is 4.90 Å². The number of nitrogens with zero attached hydrogens (tertiary/aromatic N) is 1. The third-order valence-corrected chi connectivity index (χ3v) is 3.14. The van der Waals surface area contributed by atoms with Crippen molar-refractivity contribution < 1.29 is 4.79 Å². The fourth-order valence-corrected chi connectivity index (χ4v) is 1.97. The highest BCUT2D eigenvalue weighted by Crippen LogP contribution is 2.11. The average Bonchev–Trinajstić information content (AvgIpc) is 2.26. The molecule has 3 nitrogen and oxygen atoms in total. The Morgan fingerprint density at radius 1 is 1.39 bits per heavy atom. The Kier molecular flexibility index (Phi) is 5.35. The van der Waals surface area contributed by atoms with Gasteiger partial charge in [0.2, 0.25) is 5.91 Å². The molecule has 1 rings (SSSR count). The quantitative estimate of drug-likeness (QED) is 0.866. The van der Waals surface area contributed by atoms with Gasteiger partial charge in [-0.25, -0.2) is 0 Å². The lowest BCUT2D eigenvalue weighted by Gasteiger charge is -2.19. The molecule has 0 saturated heterocycles. The SMILES string of the molecule is Cc1ccc(CCN(C)C(=O)CC(C)N)c(C)c1. The third-order valence-electron chi connectivity index (χ3n) is 3.14. The van der Waals surface area contributed by atoms with Crippen molar-refractivity contribution >= 4 is 5.91 Å². The van der Waals surface area contributed by atoms with Gasteiger partial charge in [0.15, 0.2) is 0 Å². The van der Waals surface area contributed by atoms with Gasteiger partial charge in [-0.2, -0.15) is 0 Å². The fraction of sp³-hybridized carbons (Fsp3) is 0.533. The minimum Gasteiger partial charge on any atom is -0.345 e. The molecule has 0 aliphatic carbocycles. The summed E-state index contributed by atoms with van der Waals surface area (Å²) in [4.78, 5) is 13.5. The molecule has 0 radical (unpaired) electrons. The largest absolute Gasteiger partial charge is 0.345 e. The normalized spacial score (nSPS) is 12.3. The Balaban J connectivity index is 2.52. The molecular formula is C15H24N2O. The first-order chi connectivity index (χ1) is 8.40. The van der Waals surface area contributed by atoms with Crippen molar-refractivity contribution in [2.45, 2.75) is 39.7 Å². The van der Waals surface area contributed by atoms with Gasteiger partial charge in [-0.3, -0.25) is 4.79 Å². The molecule has 0 aliphatic rings. The summed E-state index contributed by atoms with van der Waals surface area (Å²) >= 11 is 0. The van der Waals surface area contributed by atoms with Crippen LogP contribution in [0.15, 0.2) is 18.2 Å². The number of hydrogen-bond donors (Lipinski definition) is 1. The Bertz CT molecular complexity index is 413. The smallest absolute Gasteiger partial charge is 0.223 e. The summed E-state index contributed by atoms with van der Waals surface area (Å²) in [5, 5.41) is 0. The number of likely N-dealkylation sites (N-methyl/N-ethyl adjacent to an activating group) is 1. The van der Waals surface area contributed by atoms with Crippen molar-refractivity contribution in [3.8, 4) is 0 Å². The molecule has 2 N–H and O–H groups in total. The molecule has 3 heteroatoms. The maximum Gasteiger partial charge on any atom is 0.223 e. The lowest BCUT2D eigenvalue weighted by Crippen LogP contribution is -2.33. The van der Waals surface area contributed by atoms with E-state index in [0.717, 1.165) is 13.0 Å². The molecule has 0 heterocycles. The number of aryl methyl sites for hydroxylation is 2. The van der Waals surface area contributed by atoms with Crippen LogP contribution in [0.2, 0.25) is 0 Å². The van der Waals surface area contributed by atoms with E-state index in [2.05, 4.69) is 32.0 Å². The zero-order chi connectivity index (χ0) is 13.7. The highest BCUT2D eigenvalue weighted by atomic mass is 16.2. The lowest BCUT2D eigenvalue weighted by molar-refractivity contribution is -0.130. The van der Waals surface area contributed by atoms with Crippen LogP contribution in [-0.4, -0.2) is 30.4 Å². The Morgan fingerprint density at radius 2 is 2.06 bits per heavy atom. The first kappa shape index (κ1) is 14.7. The highest BCUT2D eigenvalue weighted by Gasteiger charge is 2.11. The Labute approximate surface area is 110 Å². The molecule has 1 aromatic rings. The standard InChI is InChI=1S/C15H24N2O/c1-11-5-6-14(12(2)9-11)7-8-17(4)15(18)10-13(3)16/h5-6,9,13H,7-8,10,16H2,1-4H3. The second-order valence-electron chi connectivity index (χ2n) is 5.18. The Hall–Kier alpha value is -1.35. The zero-order valence-corrected chi connectivity index (χ0v) is 11.9. The third kappa shape index (κ3) is 4.49. The van der Waals surface area contributed by atoms with Gasteiger partial charge in [0, 0.05) is 26.1 Å². The molecule has 0 saturated carbocycles. The molecule has 1 unspecified atom stereocenters. The van der Waals surface area contributed by atoms with E-state index < -0.39 is 0 Å². The maximum absolute atomic E-state index is 11.8. The van der Waals surface area contributed by atoms with Crippen LogP contribution in [0.3, 0.4) is 0 Å². The predicted octanol–water partition coefficient (Wildman–Crippen LogP) is 2.04. The summed E-state index contributed by atoms with van der Waals surface area (Å²) in [6, 6.07) is 6.38. The van der Waals surface area contributed by atoms with Crippen molar-refractivity contribution in [1.82, 2.24) is 4.90 Å². The molecule has 0 aromatic heterocycles. The lowest BCUT2D eigenvalue weighted by atomic mass is 10.0. The first-order valence-corrected chi connectivity index (χ1v) is 6.46. The number of benzene rings is 1. The fourth-order valence-electron chi connectivity index (χ4n) is 1.97. The molecule has 0 spiro atoms. The Morgan fingerprint density at radius 3 is 2.61 bits per heavy atom. The predicted molar refractivity (Wildman–Crippen MR) is 75.5 cm³/mol. The molecule has 1 atom stereocenters. The molecular weight excluding hydrogens is 224 g/mol. The van der Waals surface area contributed by atoms with E-state index >= 15 is 0 Å². The van der Waals surface area contributed by atoms with Gasteiger partial charge < -0.3 is 10.6 Å². The van der Waals surface area contributed by atoms with Crippen molar-refractivity contribution in [3.05, 3.63) is 34.9 Å². The van der Waals surface area contributed by atoms with E-state index in [4.69, 9.17) is 5.73 Å². The second-order valence-corrected chi connectivity index (χ2v) is 5.18. The molecule has 0 bridgehead atoms. The van der Waals surface area contributed by atoms with Gasteiger partial charge in [0.1, 0.15) is 0 Å². The molecule has 1 aromatic carbocycles. The van der Waals surface area contributed by atoms with Crippen LogP contribution in [0.1, 0.15) is 30.0 Å². The number of nitrogens with two attached hydrogens (primary N) is 1. The monoisotopic (exact) mass is 248 g/mol. The minimum absolute atomic E-state index is 0.0685. The summed E-state index contributed by atoms with van der Waals surface area (Å²) in [7, 11) is 1.84. The number of carbonyl (C=O) groups excluding carboxylic acids is 1. The molecule has 18 heavy (non-hydrogen) atoms. The van der Waals surface area contributed by atoms with Gasteiger partial charge in [-0.1, -0.05) is 23.8 Å². The van der Waals surface area contributed by atoms with Gasteiger partial charge in [0.05, 0.1) is 0 Å². The van der Waals surface area contributed by atoms with E-state index in [0.29, 0.717) is 6.42 Å². The molecule has 100 valence electrons.